The molecule has 2 heterocycles. The summed E-state index contributed by atoms with van der Waals surface area (Å²) >= 11 is 0. The summed E-state index contributed by atoms with van der Waals surface area (Å²) in [5, 5.41) is 125. The summed E-state index contributed by atoms with van der Waals surface area (Å²) in [4.78, 5) is 52.0. The molecule has 0 aliphatic rings. The quantitative estimate of drug-likeness (QED) is 0.0163. The number of benzene rings is 6. The molecule has 8 unspecified atom stereocenters. The number of carbonyl (C=O) groups is 2. The van der Waals surface area contributed by atoms with Gasteiger partial charge in [-0.3, -0.25) is 0 Å². The number of carboxylic acid groups (broad SMARTS) is 2. The molecule has 14 N–H and O–H groups in total. The summed E-state index contributed by atoms with van der Waals surface area (Å²) in [5.41, 5.74) is -1.44. The van der Waals surface area contributed by atoms with Crippen molar-refractivity contribution >= 4 is 122 Å². The molecular weight excluding hydrogens is 1540 g/mol. The van der Waals surface area contributed by atoms with Crippen molar-refractivity contribution in [2.75, 3.05) is 84.3 Å². The summed E-state index contributed by atoms with van der Waals surface area (Å²) in [5.74, 6) is -5.48. The number of carbonyl (C=O) groups excluding carboxylic acids is 2. The first-order valence-corrected chi connectivity index (χ1v) is 39.1. The van der Waals surface area contributed by atoms with Crippen LogP contribution in [0.1, 0.15) is 76.1 Å². The molecule has 6 aromatic carbocycles. The van der Waals surface area contributed by atoms with Gasteiger partial charge in [-0.1, -0.05) is 36.4 Å². The fourth-order valence-corrected chi connectivity index (χ4v) is 17.5. The van der Waals surface area contributed by atoms with Crippen LogP contribution in [0.4, 0.5) is 69.8 Å². The Bertz CT molecular complexity index is 4420. The molecular formula is C68H84N16Na2O20S4. The van der Waals surface area contributed by atoms with Crippen molar-refractivity contribution in [2.45, 2.75) is 124 Å². The molecule has 0 amide bonds. The van der Waals surface area contributed by atoms with Crippen molar-refractivity contribution in [1.82, 2.24) is 47.1 Å². The van der Waals surface area contributed by atoms with Crippen molar-refractivity contribution in [3.05, 3.63) is 145 Å². The molecule has 8 atom stereocenters. The average Bonchev–Trinajstić information content (AvgIpc) is 0.798. The number of nitrogens with one attached hydrogen (secondary N) is 6. The molecule has 0 fully saturated rings. The van der Waals surface area contributed by atoms with E-state index in [-0.39, 0.29) is 212 Å². The number of aliphatic hydroxyl groups excluding tert-OH is 8. The molecule has 42 heteroatoms. The molecule has 0 aliphatic heterocycles. The average molecular weight is 1620 g/mol. The Morgan fingerprint density at radius 2 is 0.482 bits per heavy atom. The maximum atomic E-state index is 14.0. The first-order chi connectivity index (χ1) is 50.7. The Labute approximate surface area is 680 Å². The van der Waals surface area contributed by atoms with Crippen LogP contribution in [0.25, 0.3) is 11.1 Å². The minimum Gasteiger partial charge on any atom is -0.545 e. The van der Waals surface area contributed by atoms with Gasteiger partial charge in [-0.15, -0.1) is 0 Å². The molecule has 0 aliphatic carbocycles. The Kier molecular flexibility index (Phi) is 33.0. The van der Waals surface area contributed by atoms with Gasteiger partial charge in [0.1, 0.15) is 0 Å². The predicted octanol–water partition coefficient (Wildman–Crippen LogP) is -4.07. The first-order valence-electron chi connectivity index (χ1n) is 33.4. The molecule has 0 radical (unpaired) electrons. The number of hydrogen-bond acceptors (Lipinski definition) is 32. The molecule has 8 rings (SSSR count). The van der Waals surface area contributed by atoms with E-state index in [4.69, 9.17) is 0 Å². The summed E-state index contributed by atoms with van der Waals surface area (Å²) < 4.78 is 115. The maximum Gasteiger partial charge on any atom is 1.00 e. The third-order valence-electron chi connectivity index (χ3n) is 15.2. The van der Waals surface area contributed by atoms with Crippen LogP contribution in [-0.4, -0.2) is 235 Å². The number of carboxylic acids is 2. The van der Waals surface area contributed by atoms with E-state index >= 15 is 0 Å². The molecule has 110 heavy (non-hydrogen) atoms. The van der Waals surface area contributed by atoms with Crippen LogP contribution >= 0.6 is 0 Å². The van der Waals surface area contributed by atoms with Gasteiger partial charge in [-0.25, -0.2) is 33.7 Å². The standard InChI is InChI=1S/C68H86N16O20S4.2Na/c1-39(85)31-81(32-40(2)86)105(97,98)53-17-9-13-47(25-53)69-63-75-64(70-48-14-10-18-54(26-48)106(99,100)82(33-41(3)87)34-42(4)88)78-67(77-63)73-51-21-23-57(59(29-51)61(93)94)58-24-22-52(30-60(58)62(95)96)74-68-79-65(71-49-15-11-19-55(27-49)107(101,102)83(35-43(5)89)36-44(6)90)76-66(80-68)72-50-16-12-20-56(28-50)108(103,104)84(37-45(7)91)38-46(8)92;;/h9-30,39-46,85-92H,31-38H2,1-8H3,(H,93,94)(H,95,96)(H3,69,70,73,75,77,78)(H3,71,72,74,76,79,80);;/q;2*+1/p-2. The number of aromatic nitrogens is 6. The maximum absolute atomic E-state index is 14.0. The smallest absolute Gasteiger partial charge is 0.545 e. The van der Waals surface area contributed by atoms with Crippen molar-refractivity contribution in [3.8, 4) is 11.1 Å². The van der Waals surface area contributed by atoms with Gasteiger partial charge >= 0.3 is 59.1 Å². The van der Waals surface area contributed by atoms with E-state index in [9.17, 15) is 94.3 Å². The van der Waals surface area contributed by atoms with E-state index in [0.717, 1.165) is 29.4 Å². The van der Waals surface area contributed by atoms with Crippen molar-refractivity contribution in [2.24, 2.45) is 0 Å². The monoisotopic (exact) mass is 1620 g/mol. The summed E-state index contributed by atoms with van der Waals surface area (Å²) in [6.45, 7) is 8.09. The van der Waals surface area contributed by atoms with E-state index in [1.165, 1.54) is 177 Å². The van der Waals surface area contributed by atoms with Crippen molar-refractivity contribution in [1.29, 1.82) is 0 Å². The molecule has 36 nitrogen and oxygen atoms in total. The topological polar surface area (TPSA) is 541 Å². The van der Waals surface area contributed by atoms with Crippen LogP contribution in [-0.2, 0) is 40.1 Å². The molecule has 0 saturated carbocycles. The van der Waals surface area contributed by atoms with Crippen LogP contribution in [0.3, 0.4) is 0 Å². The Balaban J connectivity index is 0.00000945. The molecule has 582 valence electrons. The first kappa shape index (κ1) is 91.3. The van der Waals surface area contributed by atoms with Crippen LogP contribution < -0.4 is 101 Å². The largest absolute Gasteiger partial charge is 1.00 e. The molecule has 8 aromatic rings. The molecule has 2 aromatic heterocycles. The van der Waals surface area contributed by atoms with Gasteiger partial charge in [0.2, 0.25) is 75.8 Å². The SMILES string of the molecule is CC(O)CN(CC(C)O)S(=O)(=O)c1cccc(Nc2nc(Nc3cccc(S(=O)(=O)N(CC(C)O)CC(C)O)c3)nc(Nc3ccc(-c4ccc(Nc5nc(Nc6cccc(S(=O)(=O)N(CC(C)O)CC(C)O)c6)nc(Nc6cccc(S(=O)(=O)N(CC(C)O)CC(C)O)c6)n5)cc4C(=O)[O-])c(C(=O)[O-])c3)n2)c1.[Na+].[Na+]. The summed E-state index contributed by atoms with van der Waals surface area (Å²) in [6, 6.07) is 28.6. The molecule has 0 saturated heterocycles. The molecule has 0 spiro atoms. The van der Waals surface area contributed by atoms with Crippen LogP contribution in [0.15, 0.2) is 153 Å². The van der Waals surface area contributed by atoms with Crippen molar-refractivity contribution in [3.63, 3.8) is 0 Å². The van der Waals surface area contributed by atoms with E-state index < -0.39 is 112 Å². The fraction of sp³-hybridized carbons (Fsp3) is 0.353. The van der Waals surface area contributed by atoms with E-state index in [1.807, 2.05) is 0 Å². The summed E-state index contributed by atoms with van der Waals surface area (Å²) in [7, 11) is -17.5. The molecule has 0 bridgehead atoms. The zero-order valence-corrected chi connectivity index (χ0v) is 68.8. The second-order valence-electron chi connectivity index (χ2n) is 25.6. The third kappa shape index (κ3) is 25.2. The Morgan fingerprint density at radius 3 is 0.645 bits per heavy atom. The number of aromatic carboxylic acids is 2. The van der Waals surface area contributed by atoms with E-state index in [0.29, 0.717) is 0 Å². The van der Waals surface area contributed by atoms with E-state index in [2.05, 4.69) is 61.8 Å². The van der Waals surface area contributed by atoms with Gasteiger partial charge in [-0.05, 0) is 164 Å². The number of sulfonamides is 4. The Hall–Kier alpha value is -7.60. The van der Waals surface area contributed by atoms with Crippen molar-refractivity contribution < 1.29 is 153 Å². The van der Waals surface area contributed by atoms with E-state index in [1.54, 1.807) is 0 Å². The van der Waals surface area contributed by atoms with Crippen LogP contribution in [0.5, 0.6) is 0 Å². The van der Waals surface area contributed by atoms with Gasteiger partial charge < -0.3 is 92.6 Å². The normalized spacial score (nSPS) is 14.3. The third-order valence-corrected chi connectivity index (χ3v) is 22.5. The minimum absolute atomic E-state index is 0. The fourth-order valence-electron chi connectivity index (χ4n) is 10.9. The number of rotatable bonds is 39. The van der Waals surface area contributed by atoms with Gasteiger partial charge in [0.05, 0.1) is 80.4 Å². The summed E-state index contributed by atoms with van der Waals surface area (Å²) in [6.07, 6.45) is -8.96. The number of hydrogen-bond donors (Lipinski definition) is 14. The zero-order chi connectivity index (χ0) is 79.3. The van der Waals surface area contributed by atoms with Gasteiger partial charge in [-0.2, -0.15) is 47.1 Å². The number of anilines is 12. The minimum atomic E-state index is -4.37. The second-order valence-corrected chi connectivity index (χ2v) is 33.4. The van der Waals surface area contributed by atoms with Gasteiger partial charge in [0.15, 0.2) is 0 Å². The number of aliphatic hydroxyl groups is 8. The van der Waals surface area contributed by atoms with Crippen LogP contribution in [0, 0.1) is 0 Å². The van der Waals surface area contributed by atoms with Gasteiger partial charge in [0, 0.05) is 97.6 Å². The van der Waals surface area contributed by atoms with Crippen LogP contribution in [0.2, 0.25) is 0 Å². The number of nitrogens with zero attached hydrogens (tertiary/aromatic N) is 10. The zero-order valence-electron chi connectivity index (χ0n) is 61.6. The predicted molar refractivity (Wildman–Crippen MR) is 394 cm³/mol. The van der Waals surface area contributed by atoms with Gasteiger partial charge in [0.25, 0.3) is 0 Å². The second kappa shape index (κ2) is 39.7. The Morgan fingerprint density at radius 1 is 0.309 bits per heavy atom.